The summed E-state index contributed by atoms with van der Waals surface area (Å²) in [5.74, 6) is 0.0366. The molecule has 0 radical (unpaired) electrons. The Labute approximate surface area is 119 Å². The smallest absolute Gasteiger partial charge is 0.317 e. The van der Waals surface area contributed by atoms with E-state index < -0.39 is 0 Å². The van der Waals surface area contributed by atoms with E-state index in [0.29, 0.717) is 31.7 Å². The number of benzene rings is 1. The maximum Gasteiger partial charge on any atom is 0.317 e. The molecule has 108 valence electrons. The Bertz CT molecular complexity index is 465. The molecular weight excluding hydrogens is 254 g/mol. The van der Waals surface area contributed by atoms with Gasteiger partial charge in [0.05, 0.1) is 0 Å². The third-order valence-corrected chi connectivity index (χ3v) is 3.29. The maximum absolute atomic E-state index is 12.3. The first-order valence-corrected chi connectivity index (χ1v) is 6.97. The molecule has 1 aliphatic heterocycles. The van der Waals surface area contributed by atoms with Crippen LogP contribution < -0.4 is 5.32 Å². The van der Waals surface area contributed by atoms with Gasteiger partial charge in [-0.1, -0.05) is 18.2 Å². The predicted molar refractivity (Wildman–Crippen MR) is 77.6 cm³/mol. The fourth-order valence-electron chi connectivity index (χ4n) is 2.21. The van der Waals surface area contributed by atoms with Crippen molar-refractivity contribution in [1.29, 1.82) is 0 Å². The van der Waals surface area contributed by atoms with Gasteiger partial charge in [0.2, 0.25) is 0 Å². The molecular formula is C15H21N3O2. The summed E-state index contributed by atoms with van der Waals surface area (Å²) in [5.41, 5.74) is 0.701. The van der Waals surface area contributed by atoms with Crippen molar-refractivity contribution in [2.75, 3.05) is 26.2 Å². The Morgan fingerprint density at radius 1 is 1.00 bits per heavy atom. The quantitative estimate of drug-likeness (QED) is 0.890. The van der Waals surface area contributed by atoms with Crippen LogP contribution in [-0.4, -0.2) is 54.0 Å². The first-order valence-electron chi connectivity index (χ1n) is 6.97. The Morgan fingerprint density at radius 2 is 1.55 bits per heavy atom. The molecule has 0 atom stereocenters. The predicted octanol–water partition coefficient (Wildman–Crippen LogP) is 1.56. The molecule has 1 heterocycles. The summed E-state index contributed by atoms with van der Waals surface area (Å²) in [6, 6.07) is 9.34. The maximum atomic E-state index is 12.3. The van der Waals surface area contributed by atoms with E-state index in [1.807, 2.05) is 44.2 Å². The highest BCUT2D eigenvalue weighted by molar-refractivity contribution is 5.94. The zero-order valence-corrected chi connectivity index (χ0v) is 12.0. The largest absolute Gasteiger partial charge is 0.336 e. The summed E-state index contributed by atoms with van der Waals surface area (Å²) in [6.07, 6.45) is 0. The zero-order chi connectivity index (χ0) is 14.5. The lowest BCUT2D eigenvalue weighted by Crippen LogP contribution is -2.54. The van der Waals surface area contributed by atoms with Gasteiger partial charge in [-0.3, -0.25) is 4.79 Å². The molecule has 1 aromatic rings. The molecule has 3 amide bonds. The first-order chi connectivity index (χ1) is 9.58. The lowest BCUT2D eigenvalue weighted by atomic mass is 10.2. The average Bonchev–Trinajstić information content (AvgIpc) is 2.47. The molecule has 5 nitrogen and oxygen atoms in total. The minimum Gasteiger partial charge on any atom is -0.336 e. The molecule has 0 aliphatic carbocycles. The third-order valence-electron chi connectivity index (χ3n) is 3.29. The van der Waals surface area contributed by atoms with Crippen LogP contribution in [0.1, 0.15) is 24.2 Å². The van der Waals surface area contributed by atoms with Crippen LogP contribution in [0.25, 0.3) is 0 Å². The molecule has 2 rings (SSSR count). The van der Waals surface area contributed by atoms with Crippen molar-refractivity contribution in [3.63, 3.8) is 0 Å². The van der Waals surface area contributed by atoms with Gasteiger partial charge in [-0.05, 0) is 26.0 Å². The highest BCUT2D eigenvalue weighted by Crippen LogP contribution is 2.08. The Kier molecular flexibility index (Phi) is 4.61. The number of hydrogen-bond donors (Lipinski definition) is 1. The molecule has 1 aromatic carbocycles. The monoisotopic (exact) mass is 275 g/mol. The van der Waals surface area contributed by atoms with E-state index in [0.717, 1.165) is 0 Å². The number of carbonyl (C=O) groups excluding carboxylic acids is 2. The standard InChI is InChI=1S/C15H21N3O2/c1-12(2)16-15(20)18-10-8-17(9-11-18)14(19)13-6-4-3-5-7-13/h3-7,12H,8-11H2,1-2H3,(H,16,20). The molecule has 1 aliphatic rings. The molecule has 1 N–H and O–H groups in total. The van der Waals surface area contributed by atoms with E-state index >= 15 is 0 Å². The van der Waals surface area contributed by atoms with Crippen LogP contribution in [0.3, 0.4) is 0 Å². The molecule has 20 heavy (non-hydrogen) atoms. The average molecular weight is 275 g/mol. The summed E-state index contributed by atoms with van der Waals surface area (Å²) in [6.45, 7) is 6.20. The summed E-state index contributed by atoms with van der Waals surface area (Å²) in [5, 5.41) is 2.87. The van der Waals surface area contributed by atoms with Gasteiger partial charge in [-0.2, -0.15) is 0 Å². The van der Waals surface area contributed by atoms with Crippen molar-refractivity contribution in [3.05, 3.63) is 35.9 Å². The van der Waals surface area contributed by atoms with Gasteiger partial charge in [0.1, 0.15) is 0 Å². The molecule has 1 saturated heterocycles. The van der Waals surface area contributed by atoms with Gasteiger partial charge < -0.3 is 15.1 Å². The van der Waals surface area contributed by atoms with Gasteiger partial charge in [-0.15, -0.1) is 0 Å². The summed E-state index contributed by atoms with van der Waals surface area (Å²) in [7, 11) is 0. The number of piperazine rings is 1. The van der Waals surface area contributed by atoms with Crippen molar-refractivity contribution in [2.24, 2.45) is 0 Å². The molecule has 5 heteroatoms. The number of nitrogens with one attached hydrogen (secondary N) is 1. The van der Waals surface area contributed by atoms with Gasteiger partial charge in [0.25, 0.3) is 5.91 Å². The van der Waals surface area contributed by atoms with Crippen LogP contribution in [0, 0.1) is 0 Å². The van der Waals surface area contributed by atoms with Crippen molar-refractivity contribution in [2.45, 2.75) is 19.9 Å². The van der Waals surface area contributed by atoms with E-state index in [2.05, 4.69) is 5.32 Å². The topological polar surface area (TPSA) is 52.7 Å². The summed E-state index contributed by atoms with van der Waals surface area (Å²) in [4.78, 5) is 27.7. The number of nitrogens with zero attached hydrogens (tertiary/aromatic N) is 2. The van der Waals surface area contributed by atoms with Crippen molar-refractivity contribution < 1.29 is 9.59 Å². The van der Waals surface area contributed by atoms with Crippen LogP contribution in [0.5, 0.6) is 0 Å². The van der Waals surface area contributed by atoms with Gasteiger partial charge in [0, 0.05) is 37.8 Å². The summed E-state index contributed by atoms with van der Waals surface area (Å²) < 4.78 is 0. The Hall–Kier alpha value is -2.04. The van der Waals surface area contributed by atoms with Gasteiger partial charge >= 0.3 is 6.03 Å². The highest BCUT2D eigenvalue weighted by atomic mass is 16.2. The molecule has 1 fully saturated rings. The second kappa shape index (κ2) is 6.41. The van der Waals surface area contributed by atoms with Crippen LogP contribution in [-0.2, 0) is 0 Å². The fourth-order valence-corrected chi connectivity index (χ4v) is 2.21. The third kappa shape index (κ3) is 3.50. The molecule has 0 unspecified atom stereocenters. The molecule has 0 bridgehead atoms. The SMILES string of the molecule is CC(C)NC(=O)N1CCN(C(=O)c2ccccc2)CC1. The van der Waals surface area contributed by atoms with E-state index in [4.69, 9.17) is 0 Å². The number of urea groups is 1. The second-order valence-corrected chi connectivity index (χ2v) is 5.25. The second-order valence-electron chi connectivity index (χ2n) is 5.25. The minimum absolute atomic E-state index is 0.0366. The van der Waals surface area contributed by atoms with Gasteiger partial charge in [0.15, 0.2) is 0 Å². The molecule has 0 saturated carbocycles. The molecule has 0 aromatic heterocycles. The number of carbonyl (C=O) groups is 2. The first kappa shape index (κ1) is 14.4. The van der Waals surface area contributed by atoms with E-state index in [1.165, 1.54) is 0 Å². The lowest BCUT2D eigenvalue weighted by molar-refractivity contribution is 0.0664. The van der Waals surface area contributed by atoms with Crippen LogP contribution in [0.4, 0.5) is 4.79 Å². The number of rotatable bonds is 2. The van der Waals surface area contributed by atoms with E-state index in [-0.39, 0.29) is 18.0 Å². The van der Waals surface area contributed by atoms with Crippen LogP contribution in [0.15, 0.2) is 30.3 Å². The summed E-state index contributed by atoms with van der Waals surface area (Å²) >= 11 is 0. The van der Waals surface area contributed by atoms with Crippen molar-refractivity contribution >= 4 is 11.9 Å². The van der Waals surface area contributed by atoms with Gasteiger partial charge in [-0.25, -0.2) is 4.79 Å². The van der Waals surface area contributed by atoms with E-state index in [1.54, 1.807) is 9.80 Å². The Morgan fingerprint density at radius 3 is 2.10 bits per heavy atom. The van der Waals surface area contributed by atoms with Crippen LogP contribution >= 0.6 is 0 Å². The number of hydrogen-bond acceptors (Lipinski definition) is 2. The lowest BCUT2D eigenvalue weighted by Gasteiger charge is -2.35. The van der Waals surface area contributed by atoms with Crippen molar-refractivity contribution in [1.82, 2.24) is 15.1 Å². The van der Waals surface area contributed by atoms with E-state index in [9.17, 15) is 9.59 Å². The highest BCUT2D eigenvalue weighted by Gasteiger charge is 2.24. The van der Waals surface area contributed by atoms with Crippen molar-refractivity contribution in [3.8, 4) is 0 Å². The fraction of sp³-hybridized carbons (Fsp3) is 0.467. The normalized spacial score (nSPS) is 15.3. The Balaban J connectivity index is 1.88. The zero-order valence-electron chi connectivity index (χ0n) is 12.0. The molecule has 0 spiro atoms. The van der Waals surface area contributed by atoms with Crippen LogP contribution in [0.2, 0.25) is 0 Å². The number of amides is 3. The minimum atomic E-state index is -0.0492.